The predicted octanol–water partition coefficient (Wildman–Crippen LogP) is 1.90. The summed E-state index contributed by atoms with van der Waals surface area (Å²) in [5.41, 5.74) is 0.396. The maximum Gasteiger partial charge on any atom is 0.237 e. The minimum absolute atomic E-state index is 0.0965. The minimum Gasteiger partial charge on any atom is -0.351 e. The van der Waals surface area contributed by atoms with E-state index in [1.54, 1.807) is 12.1 Å². The molecule has 1 fully saturated rings. The van der Waals surface area contributed by atoms with Crippen LogP contribution < -0.4 is 10.6 Å². The second-order valence-corrected chi connectivity index (χ2v) is 5.16. The van der Waals surface area contributed by atoms with Crippen molar-refractivity contribution >= 4 is 21.8 Å². The number of amides is 1. The summed E-state index contributed by atoms with van der Waals surface area (Å²) in [5.74, 6) is -0.671. The van der Waals surface area contributed by atoms with Crippen molar-refractivity contribution < 1.29 is 13.6 Å². The quantitative estimate of drug-likeness (QED) is 0.893. The average molecular weight is 319 g/mol. The van der Waals surface area contributed by atoms with Crippen molar-refractivity contribution in [2.45, 2.75) is 25.2 Å². The van der Waals surface area contributed by atoms with Gasteiger partial charge in [0.15, 0.2) is 0 Å². The Kier molecular flexibility index (Phi) is 4.29. The van der Waals surface area contributed by atoms with Gasteiger partial charge in [-0.15, -0.1) is 0 Å². The zero-order chi connectivity index (χ0) is 13.1. The molecule has 2 N–H and O–H groups in total. The number of nitrogens with one attached hydrogen (secondary N) is 2. The van der Waals surface area contributed by atoms with Crippen molar-refractivity contribution in [3.8, 4) is 0 Å². The van der Waals surface area contributed by atoms with Crippen LogP contribution in [0.2, 0.25) is 0 Å². The summed E-state index contributed by atoms with van der Waals surface area (Å²) in [7, 11) is 0. The molecule has 1 saturated heterocycles. The fraction of sp³-hybridized carbons (Fsp3) is 0.417. The molecule has 0 bridgehead atoms. The number of rotatable bonds is 3. The highest BCUT2D eigenvalue weighted by atomic mass is 79.9. The van der Waals surface area contributed by atoms with Crippen molar-refractivity contribution in [2.24, 2.45) is 0 Å². The first-order valence-electron chi connectivity index (χ1n) is 5.65. The highest BCUT2D eigenvalue weighted by Gasteiger charge is 2.28. The van der Waals surface area contributed by atoms with Crippen LogP contribution in [0.3, 0.4) is 0 Å². The molecule has 3 nitrogen and oxygen atoms in total. The Balaban J connectivity index is 1.91. The van der Waals surface area contributed by atoms with E-state index in [-0.39, 0.29) is 31.2 Å². The summed E-state index contributed by atoms with van der Waals surface area (Å²) in [6.07, 6.45) is -0.810. The third-order valence-electron chi connectivity index (χ3n) is 2.85. The van der Waals surface area contributed by atoms with Crippen molar-refractivity contribution in [1.82, 2.24) is 10.6 Å². The van der Waals surface area contributed by atoms with E-state index >= 15 is 0 Å². The lowest BCUT2D eigenvalue weighted by atomic mass is 10.2. The van der Waals surface area contributed by atoms with Gasteiger partial charge >= 0.3 is 0 Å². The summed E-state index contributed by atoms with van der Waals surface area (Å²) < 4.78 is 27.1. The van der Waals surface area contributed by atoms with E-state index in [1.807, 2.05) is 0 Å². The SMILES string of the molecule is O=C(NCc1cc(Br)ccc1F)[C@@H]1C[C@@H](F)CN1. The third-order valence-corrected chi connectivity index (χ3v) is 3.35. The van der Waals surface area contributed by atoms with Crippen LogP contribution in [0.5, 0.6) is 0 Å². The van der Waals surface area contributed by atoms with Crippen LogP contribution in [0.1, 0.15) is 12.0 Å². The Morgan fingerprint density at radius 1 is 1.56 bits per heavy atom. The first kappa shape index (κ1) is 13.4. The fourth-order valence-corrected chi connectivity index (χ4v) is 2.29. The molecular weight excluding hydrogens is 306 g/mol. The van der Waals surface area contributed by atoms with E-state index < -0.39 is 12.2 Å². The molecule has 2 rings (SSSR count). The monoisotopic (exact) mass is 318 g/mol. The summed E-state index contributed by atoms with van der Waals surface area (Å²) >= 11 is 3.24. The lowest BCUT2D eigenvalue weighted by Gasteiger charge is -2.11. The standard InChI is InChI=1S/C12H13BrF2N2O/c13-8-1-2-10(15)7(3-8)5-17-12(18)11-4-9(14)6-16-11/h1-3,9,11,16H,4-6H2,(H,17,18)/t9-,11+/m1/s1. The average Bonchev–Trinajstić information content (AvgIpc) is 2.77. The third kappa shape index (κ3) is 3.26. The Hall–Kier alpha value is -1.01. The van der Waals surface area contributed by atoms with Crippen molar-refractivity contribution in [3.05, 3.63) is 34.1 Å². The normalized spacial score (nSPS) is 23.1. The zero-order valence-corrected chi connectivity index (χ0v) is 11.1. The highest BCUT2D eigenvalue weighted by molar-refractivity contribution is 9.10. The maximum absolute atomic E-state index is 13.4. The van der Waals surface area contributed by atoms with Crippen molar-refractivity contribution in [3.63, 3.8) is 0 Å². The lowest BCUT2D eigenvalue weighted by Crippen LogP contribution is -2.40. The predicted molar refractivity (Wildman–Crippen MR) is 67.3 cm³/mol. The molecule has 18 heavy (non-hydrogen) atoms. The number of hydrogen-bond acceptors (Lipinski definition) is 2. The van der Waals surface area contributed by atoms with Crippen LogP contribution in [0.25, 0.3) is 0 Å². The molecule has 0 spiro atoms. The van der Waals surface area contributed by atoms with E-state index in [1.165, 1.54) is 6.07 Å². The molecule has 0 saturated carbocycles. The molecule has 1 aromatic rings. The first-order chi connectivity index (χ1) is 8.56. The van der Waals surface area contributed by atoms with Gasteiger partial charge in [0.1, 0.15) is 12.0 Å². The van der Waals surface area contributed by atoms with Crippen LogP contribution in [0, 0.1) is 5.82 Å². The van der Waals surface area contributed by atoms with E-state index in [2.05, 4.69) is 26.6 Å². The number of halogens is 3. The highest BCUT2D eigenvalue weighted by Crippen LogP contribution is 2.16. The van der Waals surface area contributed by atoms with Crippen LogP contribution in [-0.4, -0.2) is 24.7 Å². The summed E-state index contributed by atoms with van der Waals surface area (Å²) in [6, 6.07) is 4.01. The molecular formula is C12H13BrF2N2O. The molecule has 0 aromatic heterocycles. The summed E-state index contributed by atoms with van der Waals surface area (Å²) in [6.45, 7) is 0.294. The Bertz CT molecular complexity index is 456. The molecule has 2 atom stereocenters. The molecule has 1 heterocycles. The minimum atomic E-state index is -0.983. The molecule has 1 amide bonds. The van der Waals surface area contributed by atoms with Gasteiger partial charge < -0.3 is 10.6 Å². The molecule has 0 unspecified atom stereocenters. The van der Waals surface area contributed by atoms with E-state index in [0.29, 0.717) is 5.56 Å². The van der Waals surface area contributed by atoms with Gasteiger partial charge in [-0.2, -0.15) is 0 Å². The fourth-order valence-electron chi connectivity index (χ4n) is 1.88. The molecule has 98 valence electrons. The Morgan fingerprint density at radius 3 is 3.00 bits per heavy atom. The second kappa shape index (κ2) is 5.75. The topological polar surface area (TPSA) is 41.1 Å². The number of benzene rings is 1. The summed E-state index contributed by atoms with van der Waals surface area (Å²) in [5, 5.41) is 5.38. The van der Waals surface area contributed by atoms with E-state index in [0.717, 1.165) is 4.47 Å². The summed E-state index contributed by atoms with van der Waals surface area (Å²) in [4.78, 5) is 11.7. The molecule has 1 aromatic carbocycles. The Labute approximate surface area is 112 Å². The number of carbonyl (C=O) groups is 1. The van der Waals surface area contributed by atoms with Crippen molar-refractivity contribution in [2.75, 3.05) is 6.54 Å². The van der Waals surface area contributed by atoms with E-state index in [9.17, 15) is 13.6 Å². The smallest absolute Gasteiger partial charge is 0.237 e. The van der Waals surface area contributed by atoms with Crippen LogP contribution in [-0.2, 0) is 11.3 Å². The largest absolute Gasteiger partial charge is 0.351 e. The van der Waals surface area contributed by atoms with Crippen LogP contribution >= 0.6 is 15.9 Å². The molecule has 6 heteroatoms. The Morgan fingerprint density at radius 2 is 2.33 bits per heavy atom. The van der Waals surface area contributed by atoms with Gasteiger partial charge in [-0.1, -0.05) is 15.9 Å². The number of hydrogen-bond donors (Lipinski definition) is 2. The zero-order valence-electron chi connectivity index (χ0n) is 9.55. The second-order valence-electron chi connectivity index (χ2n) is 4.25. The molecule has 0 aliphatic carbocycles. The number of carbonyl (C=O) groups excluding carboxylic acids is 1. The van der Waals surface area contributed by atoms with Crippen molar-refractivity contribution in [1.29, 1.82) is 0 Å². The first-order valence-corrected chi connectivity index (χ1v) is 6.44. The van der Waals surface area contributed by atoms with Gasteiger partial charge in [-0.25, -0.2) is 8.78 Å². The van der Waals surface area contributed by atoms with E-state index in [4.69, 9.17) is 0 Å². The van der Waals surface area contributed by atoms with Gasteiger partial charge in [0.25, 0.3) is 0 Å². The molecule has 1 aliphatic heterocycles. The molecule has 1 aliphatic rings. The van der Waals surface area contributed by atoms with Gasteiger partial charge in [0.05, 0.1) is 6.04 Å². The van der Waals surface area contributed by atoms with Crippen LogP contribution in [0.4, 0.5) is 8.78 Å². The van der Waals surface area contributed by atoms with Gasteiger partial charge in [0.2, 0.25) is 5.91 Å². The van der Waals surface area contributed by atoms with Gasteiger partial charge in [-0.3, -0.25) is 4.79 Å². The number of alkyl halides is 1. The maximum atomic E-state index is 13.4. The van der Waals surface area contributed by atoms with Gasteiger partial charge in [0, 0.05) is 29.5 Å². The van der Waals surface area contributed by atoms with Crippen LogP contribution in [0.15, 0.2) is 22.7 Å². The molecule has 0 radical (unpaired) electrons. The van der Waals surface area contributed by atoms with Gasteiger partial charge in [-0.05, 0) is 18.2 Å². The lowest BCUT2D eigenvalue weighted by molar-refractivity contribution is -0.123.